The molecule has 0 spiro atoms. The van der Waals surface area contributed by atoms with Crippen molar-refractivity contribution >= 4 is 11.6 Å². The highest BCUT2D eigenvalue weighted by atomic mass is 35.5. The lowest BCUT2D eigenvalue weighted by Crippen LogP contribution is -2.11. The number of nitrogens with zero attached hydrogens (tertiary/aromatic N) is 2. The minimum absolute atomic E-state index is 0.753. The van der Waals surface area contributed by atoms with Crippen molar-refractivity contribution in [1.82, 2.24) is 14.9 Å². The number of rotatable bonds is 4. The van der Waals surface area contributed by atoms with Crippen molar-refractivity contribution in [2.45, 2.75) is 6.42 Å². The van der Waals surface area contributed by atoms with Gasteiger partial charge in [-0.1, -0.05) is 23.7 Å². The Morgan fingerprint density at radius 1 is 1.41 bits per heavy atom. The summed E-state index contributed by atoms with van der Waals surface area (Å²) in [5.41, 5.74) is 3.36. The number of aromatic nitrogens is 2. The van der Waals surface area contributed by atoms with Crippen LogP contribution in [0.4, 0.5) is 0 Å². The minimum Gasteiger partial charge on any atom is -0.334 e. The third-order valence-electron chi connectivity index (χ3n) is 2.72. The molecule has 0 saturated heterocycles. The van der Waals surface area contributed by atoms with Gasteiger partial charge in [0.1, 0.15) is 0 Å². The van der Waals surface area contributed by atoms with Gasteiger partial charge in [0.25, 0.3) is 0 Å². The van der Waals surface area contributed by atoms with Crippen molar-refractivity contribution in [3.63, 3.8) is 0 Å². The number of nitrogens with one attached hydrogen (secondary N) is 1. The molecule has 17 heavy (non-hydrogen) atoms. The summed E-state index contributed by atoms with van der Waals surface area (Å²) in [6.07, 6.45) is 2.76. The summed E-state index contributed by atoms with van der Waals surface area (Å²) in [5.74, 6) is 0. The Morgan fingerprint density at radius 2 is 2.24 bits per heavy atom. The second-order valence-electron chi connectivity index (χ2n) is 4.01. The van der Waals surface area contributed by atoms with E-state index in [-0.39, 0.29) is 0 Å². The first-order valence-electron chi connectivity index (χ1n) is 5.63. The molecule has 1 heterocycles. The fourth-order valence-corrected chi connectivity index (χ4v) is 2.10. The fourth-order valence-electron chi connectivity index (χ4n) is 1.91. The quantitative estimate of drug-likeness (QED) is 0.902. The molecule has 0 atom stereocenters. The summed E-state index contributed by atoms with van der Waals surface area (Å²) in [7, 11) is 3.95. The van der Waals surface area contributed by atoms with E-state index < -0.39 is 0 Å². The largest absolute Gasteiger partial charge is 0.334 e. The highest BCUT2D eigenvalue weighted by Crippen LogP contribution is 2.25. The van der Waals surface area contributed by atoms with Crippen molar-refractivity contribution < 1.29 is 0 Å². The summed E-state index contributed by atoms with van der Waals surface area (Å²) < 4.78 is 2.04. The van der Waals surface area contributed by atoms with Gasteiger partial charge >= 0.3 is 0 Å². The molecule has 0 unspecified atom stereocenters. The van der Waals surface area contributed by atoms with Crippen LogP contribution in [0.15, 0.2) is 30.6 Å². The molecule has 0 radical (unpaired) electrons. The molecule has 3 nitrogen and oxygen atoms in total. The second kappa shape index (κ2) is 5.34. The highest BCUT2D eigenvalue weighted by molar-refractivity contribution is 6.30. The molecular formula is C13H16ClN3. The van der Waals surface area contributed by atoms with Gasteiger partial charge in [-0.05, 0) is 19.2 Å². The molecule has 0 saturated carbocycles. The lowest BCUT2D eigenvalue weighted by atomic mass is 10.1. The zero-order valence-corrected chi connectivity index (χ0v) is 10.8. The number of aryl methyl sites for hydroxylation is 1. The Kier molecular flexibility index (Phi) is 3.82. The molecule has 0 aliphatic carbocycles. The monoisotopic (exact) mass is 249 g/mol. The molecule has 2 rings (SSSR count). The maximum absolute atomic E-state index is 6.03. The van der Waals surface area contributed by atoms with E-state index in [0.29, 0.717) is 0 Å². The summed E-state index contributed by atoms with van der Waals surface area (Å²) in [6, 6.07) is 7.88. The van der Waals surface area contributed by atoms with Gasteiger partial charge < -0.3 is 9.88 Å². The zero-order valence-electron chi connectivity index (χ0n) is 10.1. The van der Waals surface area contributed by atoms with Gasteiger partial charge in [-0.3, -0.25) is 0 Å². The Labute approximate surface area is 106 Å². The molecular weight excluding hydrogens is 234 g/mol. The summed E-state index contributed by atoms with van der Waals surface area (Å²) in [6.45, 7) is 0.921. The number of benzene rings is 1. The third kappa shape index (κ3) is 2.68. The predicted octanol–water partition coefficient (Wildman–Crippen LogP) is 2.50. The first-order chi connectivity index (χ1) is 8.22. The van der Waals surface area contributed by atoms with Crippen molar-refractivity contribution in [3.05, 3.63) is 41.3 Å². The van der Waals surface area contributed by atoms with Gasteiger partial charge in [0.2, 0.25) is 0 Å². The van der Waals surface area contributed by atoms with Gasteiger partial charge in [0.15, 0.2) is 0 Å². The number of halogens is 1. The number of imidazole rings is 1. The smallest absolute Gasteiger partial charge is 0.0951 e. The average molecular weight is 250 g/mol. The van der Waals surface area contributed by atoms with Crippen LogP contribution in [0.3, 0.4) is 0 Å². The normalized spacial score (nSPS) is 10.8. The van der Waals surface area contributed by atoms with Crippen LogP contribution in [0.5, 0.6) is 0 Å². The van der Waals surface area contributed by atoms with Gasteiger partial charge in [-0.25, -0.2) is 4.98 Å². The molecule has 1 N–H and O–H groups in total. The van der Waals surface area contributed by atoms with E-state index in [2.05, 4.69) is 16.4 Å². The molecule has 4 heteroatoms. The Bertz CT molecular complexity index is 505. The van der Waals surface area contributed by atoms with Crippen molar-refractivity contribution in [1.29, 1.82) is 0 Å². The van der Waals surface area contributed by atoms with Crippen LogP contribution in [-0.2, 0) is 13.5 Å². The molecule has 1 aromatic carbocycles. The number of hydrogen-bond donors (Lipinski definition) is 1. The minimum atomic E-state index is 0.753. The third-order valence-corrected chi connectivity index (χ3v) is 2.96. The Morgan fingerprint density at radius 3 is 2.94 bits per heavy atom. The van der Waals surface area contributed by atoms with Crippen LogP contribution in [-0.4, -0.2) is 23.1 Å². The molecule has 0 amide bonds. The maximum Gasteiger partial charge on any atom is 0.0951 e. The fraction of sp³-hybridized carbons (Fsp3) is 0.308. The molecule has 2 aromatic rings. The first-order valence-corrected chi connectivity index (χ1v) is 6.01. The van der Waals surface area contributed by atoms with Crippen LogP contribution in [0.1, 0.15) is 5.69 Å². The summed E-state index contributed by atoms with van der Waals surface area (Å²) in [5, 5.41) is 3.89. The van der Waals surface area contributed by atoms with E-state index in [0.717, 1.165) is 34.9 Å². The number of likely N-dealkylation sites (N-methyl/N-ethyl adjacent to an activating group) is 1. The van der Waals surface area contributed by atoms with Gasteiger partial charge in [0, 0.05) is 30.6 Å². The average Bonchev–Trinajstić information content (AvgIpc) is 2.68. The molecule has 0 fully saturated rings. The van der Waals surface area contributed by atoms with Crippen molar-refractivity contribution in [2.24, 2.45) is 7.05 Å². The van der Waals surface area contributed by atoms with E-state index in [1.54, 1.807) is 0 Å². The van der Waals surface area contributed by atoms with Crippen LogP contribution in [0.25, 0.3) is 11.3 Å². The molecule has 90 valence electrons. The predicted molar refractivity (Wildman–Crippen MR) is 71.3 cm³/mol. The topological polar surface area (TPSA) is 29.9 Å². The van der Waals surface area contributed by atoms with Gasteiger partial charge in [-0.15, -0.1) is 0 Å². The lowest BCUT2D eigenvalue weighted by molar-refractivity contribution is 0.780. The van der Waals surface area contributed by atoms with Gasteiger partial charge in [0.05, 0.1) is 17.7 Å². The van der Waals surface area contributed by atoms with Crippen LogP contribution >= 0.6 is 11.6 Å². The highest BCUT2D eigenvalue weighted by Gasteiger charge is 2.10. The molecule has 0 aliphatic rings. The number of hydrogen-bond acceptors (Lipinski definition) is 2. The Hall–Kier alpha value is -1.32. The lowest BCUT2D eigenvalue weighted by Gasteiger charge is -2.06. The standard InChI is InChI=1S/C13H16ClN3/c1-15-7-6-12-13(17(2)9-16-12)10-4-3-5-11(14)8-10/h3-5,8-9,15H,6-7H2,1-2H3. The van der Waals surface area contributed by atoms with E-state index in [9.17, 15) is 0 Å². The van der Waals surface area contributed by atoms with Crippen LogP contribution in [0, 0.1) is 0 Å². The summed E-state index contributed by atoms with van der Waals surface area (Å²) in [4.78, 5) is 4.44. The van der Waals surface area contributed by atoms with E-state index >= 15 is 0 Å². The van der Waals surface area contributed by atoms with E-state index in [4.69, 9.17) is 11.6 Å². The second-order valence-corrected chi connectivity index (χ2v) is 4.45. The van der Waals surface area contributed by atoms with Crippen LogP contribution in [0.2, 0.25) is 5.02 Å². The SMILES string of the molecule is CNCCc1ncn(C)c1-c1cccc(Cl)c1. The summed E-state index contributed by atoms with van der Waals surface area (Å²) >= 11 is 6.03. The van der Waals surface area contributed by atoms with E-state index in [1.165, 1.54) is 0 Å². The van der Waals surface area contributed by atoms with Crippen molar-refractivity contribution in [3.8, 4) is 11.3 Å². The molecule has 0 aliphatic heterocycles. The first kappa shape index (κ1) is 12.1. The maximum atomic E-state index is 6.03. The Balaban J connectivity index is 2.39. The molecule has 0 bridgehead atoms. The van der Waals surface area contributed by atoms with Gasteiger partial charge in [-0.2, -0.15) is 0 Å². The van der Waals surface area contributed by atoms with E-state index in [1.807, 2.05) is 43.2 Å². The van der Waals surface area contributed by atoms with Crippen LogP contribution < -0.4 is 5.32 Å². The zero-order chi connectivity index (χ0) is 12.3. The molecule has 1 aromatic heterocycles. The van der Waals surface area contributed by atoms with Crippen molar-refractivity contribution in [2.75, 3.05) is 13.6 Å².